The van der Waals surface area contributed by atoms with Gasteiger partial charge in [0, 0.05) is 23.7 Å². The van der Waals surface area contributed by atoms with Crippen LogP contribution in [0.15, 0.2) is 0 Å². The van der Waals surface area contributed by atoms with Crippen LogP contribution in [0.1, 0.15) is 6.92 Å². The molecular weight excluding hydrogens is 95.0 g/mol. The Balaban J connectivity index is 0. The van der Waals surface area contributed by atoms with Crippen LogP contribution in [0.4, 0.5) is 0 Å². The average Bonchev–Trinajstić information content (AvgIpc) is 0.918. The van der Waals surface area contributed by atoms with Gasteiger partial charge in [-0.25, -0.2) is 0 Å². The van der Waals surface area contributed by atoms with Gasteiger partial charge in [-0.3, -0.25) is 0 Å². The maximum absolute atomic E-state index is 7.57. The van der Waals surface area contributed by atoms with E-state index in [0.29, 0.717) is 0 Å². The molecule has 0 aromatic heterocycles. The summed E-state index contributed by atoms with van der Waals surface area (Å²) < 4.78 is 0. The molecule has 2 heteroatoms. The van der Waals surface area contributed by atoms with E-state index in [-0.39, 0.29) is 23.7 Å². The largest absolute Gasteiger partial charge is 0.397 e. The van der Waals surface area contributed by atoms with E-state index in [0.717, 1.165) is 0 Å². The van der Waals surface area contributed by atoms with Crippen LogP contribution in [-0.4, -0.2) is 11.7 Å². The fraction of sp³-hybridized carbons (Fsp3) is 1.00. The average molecular weight is 101 g/mol. The Morgan fingerprint density at radius 3 is 1.75 bits per heavy atom. The van der Waals surface area contributed by atoms with E-state index in [1.807, 2.05) is 0 Å². The van der Waals surface area contributed by atoms with Crippen molar-refractivity contribution in [3.05, 3.63) is 0 Å². The third-order valence-corrected chi connectivity index (χ3v) is 0. The summed E-state index contributed by atoms with van der Waals surface area (Å²) in [5.74, 6) is 0. The second-order valence-corrected chi connectivity index (χ2v) is 0.316. The van der Waals surface area contributed by atoms with Crippen molar-refractivity contribution in [3.8, 4) is 0 Å². The summed E-state index contributed by atoms with van der Waals surface area (Å²) in [7, 11) is 0. The van der Waals surface area contributed by atoms with Gasteiger partial charge in [0.05, 0.1) is 0 Å². The molecule has 0 saturated carbocycles. The molecule has 0 rings (SSSR count). The van der Waals surface area contributed by atoms with Crippen molar-refractivity contribution in [1.29, 1.82) is 0 Å². The number of hydrogen-bond donors (Lipinski definition) is 1. The zero-order chi connectivity index (χ0) is 2.71. The molecule has 0 amide bonds. The normalized spacial score (nSPS) is 4.50. The number of rotatable bonds is 0. The molecule has 0 aromatic carbocycles. The first-order valence-electron chi connectivity index (χ1n) is 1.02. The second-order valence-electron chi connectivity index (χ2n) is 0.316. The molecule has 0 aromatic rings. The fourth-order valence-corrected chi connectivity index (χ4v) is 0. The Hall–Kier alpha value is 0.479. The Morgan fingerprint density at radius 2 is 1.75 bits per heavy atom. The van der Waals surface area contributed by atoms with E-state index < -0.39 is 0 Å². The number of aliphatic hydroxyl groups excluding tert-OH is 1. The molecule has 0 atom stereocenters. The van der Waals surface area contributed by atoms with E-state index in [2.05, 4.69) is 0 Å². The van der Waals surface area contributed by atoms with Crippen LogP contribution in [0.2, 0.25) is 0 Å². The maximum Gasteiger partial charge on any atom is 0.0402 e. The Bertz CT molecular complexity index is 6.00. The van der Waals surface area contributed by atoms with E-state index in [4.69, 9.17) is 5.11 Å². The van der Waals surface area contributed by atoms with Crippen molar-refractivity contribution >= 4 is 0 Å². The third-order valence-electron chi connectivity index (χ3n) is 0. The quantitative estimate of drug-likeness (QED) is 0.425. The maximum atomic E-state index is 7.57. The number of hydrogen-bond acceptors (Lipinski definition) is 1. The molecule has 0 saturated heterocycles. The molecule has 4 heavy (non-hydrogen) atoms. The molecule has 0 heterocycles. The minimum atomic E-state index is 0. The summed E-state index contributed by atoms with van der Waals surface area (Å²) in [5.41, 5.74) is 0. The van der Waals surface area contributed by atoms with Crippen molar-refractivity contribution in [2.24, 2.45) is 0 Å². The zero-order valence-corrected chi connectivity index (χ0v) is 3.71. The molecule has 0 aliphatic rings. The molecule has 0 spiro atoms. The monoisotopic (exact) mass is 101 g/mol. The molecule has 0 aliphatic heterocycles. The van der Waals surface area contributed by atoms with Gasteiger partial charge in [0.25, 0.3) is 0 Å². The van der Waals surface area contributed by atoms with Gasteiger partial charge in [-0.1, -0.05) is 0 Å². The predicted octanol–water partition coefficient (Wildman–Crippen LogP) is -0.00390. The smallest absolute Gasteiger partial charge is 0.0402 e. The van der Waals surface area contributed by atoms with E-state index in [1.165, 1.54) is 0 Å². The van der Waals surface area contributed by atoms with Crippen molar-refractivity contribution < 1.29 is 22.2 Å². The third kappa shape index (κ3) is 23.6. The van der Waals surface area contributed by atoms with Crippen LogP contribution < -0.4 is 0 Å². The van der Waals surface area contributed by atoms with Crippen LogP contribution in [-0.2, 0) is 17.1 Å². The molecule has 1 radical (unpaired) electrons. The topological polar surface area (TPSA) is 20.2 Å². The molecular formula is C2H6MnO. The summed E-state index contributed by atoms with van der Waals surface area (Å²) in [5, 5.41) is 7.57. The van der Waals surface area contributed by atoms with Gasteiger partial charge in [-0.15, -0.1) is 0 Å². The van der Waals surface area contributed by atoms with Gasteiger partial charge < -0.3 is 5.11 Å². The first kappa shape index (κ1) is 8.82. The summed E-state index contributed by atoms with van der Waals surface area (Å²) >= 11 is 0. The van der Waals surface area contributed by atoms with E-state index >= 15 is 0 Å². The fourth-order valence-electron chi connectivity index (χ4n) is 0. The van der Waals surface area contributed by atoms with Gasteiger partial charge in [-0.2, -0.15) is 0 Å². The molecule has 1 nitrogen and oxygen atoms in total. The van der Waals surface area contributed by atoms with Crippen LogP contribution in [0.3, 0.4) is 0 Å². The molecule has 0 unspecified atom stereocenters. The second kappa shape index (κ2) is 9.77. The molecule has 0 fully saturated rings. The molecule has 27 valence electrons. The van der Waals surface area contributed by atoms with Crippen molar-refractivity contribution in [2.75, 3.05) is 6.61 Å². The van der Waals surface area contributed by atoms with Crippen LogP contribution in [0.5, 0.6) is 0 Å². The van der Waals surface area contributed by atoms with Gasteiger partial charge >= 0.3 is 0 Å². The number of aliphatic hydroxyl groups is 1. The minimum Gasteiger partial charge on any atom is -0.397 e. The first-order valence-corrected chi connectivity index (χ1v) is 1.02. The van der Waals surface area contributed by atoms with E-state index in [9.17, 15) is 0 Å². The van der Waals surface area contributed by atoms with Crippen molar-refractivity contribution in [2.45, 2.75) is 6.92 Å². The summed E-state index contributed by atoms with van der Waals surface area (Å²) in [6.07, 6.45) is 0. The molecule has 0 bridgehead atoms. The Morgan fingerprint density at radius 1 is 1.75 bits per heavy atom. The van der Waals surface area contributed by atoms with Gasteiger partial charge in [0.2, 0.25) is 0 Å². The minimum absolute atomic E-state index is 0. The predicted molar refractivity (Wildman–Crippen MR) is 12.8 cm³/mol. The first-order chi connectivity index (χ1) is 1.41. The van der Waals surface area contributed by atoms with Crippen LogP contribution >= 0.6 is 0 Å². The molecule has 0 aliphatic carbocycles. The Labute approximate surface area is 36.5 Å². The van der Waals surface area contributed by atoms with Crippen molar-refractivity contribution in [3.63, 3.8) is 0 Å². The van der Waals surface area contributed by atoms with Crippen molar-refractivity contribution in [1.82, 2.24) is 0 Å². The summed E-state index contributed by atoms with van der Waals surface area (Å²) in [6.45, 7) is 1.93. The van der Waals surface area contributed by atoms with Gasteiger partial charge in [-0.05, 0) is 6.92 Å². The summed E-state index contributed by atoms with van der Waals surface area (Å²) in [6, 6.07) is 0. The zero-order valence-electron chi connectivity index (χ0n) is 2.53. The standard InChI is InChI=1S/C2H6O.Mn/c1-2-3;/h3H,2H2,1H3;. The van der Waals surface area contributed by atoms with Gasteiger partial charge in [0.15, 0.2) is 0 Å². The van der Waals surface area contributed by atoms with E-state index in [1.54, 1.807) is 6.92 Å². The SMILES string of the molecule is CCO.[Mn]. The van der Waals surface area contributed by atoms with Gasteiger partial charge in [0.1, 0.15) is 0 Å². The Kier molecular flexibility index (Phi) is 21.6. The summed E-state index contributed by atoms with van der Waals surface area (Å²) in [4.78, 5) is 0. The molecule has 1 N–H and O–H groups in total. The van der Waals surface area contributed by atoms with Crippen LogP contribution in [0, 0.1) is 0 Å². The van der Waals surface area contributed by atoms with Crippen LogP contribution in [0.25, 0.3) is 0 Å².